The van der Waals surface area contributed by atoms with Crippen molar-refractivity contribution in [2.24, 2.45) is 0 Å². The van der Waals surface area contributed by atoms with Gasteiger partial charge in [0.05, 0.1) is 35.6 Å². The molecule has 0 aliphatic carbocycles. The zero-order chi connectivity index (χ0) is 51.0. The molecular formula is C42H26O. The Morgan fingerprint density at radius 2 is 0.884 bits per heavy atom. The highest BCUT2D eigenvalue weighted by atomic mass is 16.3. The minimum Gasteiger partial charge on any atom is -0.456 e. The molecule has 1 aromatic heterocycles. The molecule has 0 N–H and O–H groups in total. The van der Waals surface area contributed by atoms with Crippen molar-refractivity contribution in [1.29, 1.82) is 0 Å². The van der Waals surface area contributed by atoms with Gasteiger partial charge in [0.2, 0.25) is 0 Å². The summed E-state index contributed by atoms with van der Waals surface area (Å²) in [5.41, 5.74) is -5.78. The summed E-state index contributed by atoms with van der Waals surface area (Å²) in [5, 5.41) is -4.72. The molecule has 0 spiro atoms. The maximum Gasteiger partial charge on any atom is 0.136 e. The average molecular weight is 573 g/mol. The van der Waals surface area contributed by atoms with Crippen molar-refractivity contribution in [1.82, 2.24) is 0 Å². The summed E-state index contributed by atoms with van der Waals surface area (Å²) >= 11 is 0. The summed E-state index contributed by atoms with van der Waals surface area (Å²) in [7, 11) is 0. The first-order chi connectivity index (χ1) is 32.2. The van der Waals surface area contributed by atoms with Crippen LogP contribution in [0, 0.1) is 0 Å². The van der Waals surface area contributed by atoms with Gasteiger partial charge in [-0.1, -0.05) is 133 Å². The van der Waals surface area contributed by atoms with E-state index in [0.717, 1.165) is 0 Å². The molecule has 0 amide bonds. The van der Waals surface area contributed by atoms with E-state index < -0.39 is 245 Å². The largest absolute Gasteiger partial charge is 0.456 e. The Morgan fingerprint density at radius 1 is 0.349 bits per heavy atom. The summed E-state index contributed by atoms with van der Waals surface area (Å²) in [6, 6.07) is -23.7. The maximum atomic E-state index is 9.84. The highest BCUT2D eigenvalue weighted by Crippen LogP contribution is 2.45. The van der Waals surface area contributed by atoms with Gasteiger partial charge in [-0.15, -0.1) is 0 Å². The molecule has 9 aromatic rings. The third-order valence-electron chi connectivity index (χ3n) is 6.95. The molecule has 200 valence electrons. The molecule has 1 heteroatoms. The molecule has 1 nitrogen and oxygen atoms in total. The molecule has 0 aliphatic rings. The van der Waals surface area contributed by atoms with Crippen LogP contribution in [0.2, 0.25) is 0 Å². The van der Waals surface area contributed by atoms with Crippen LogP contribution in [0.5, 0.6) is 0 Å². The Bertz CT molecular complexity index is 3860. The fraction of sp³-hybridized carbons (Fsp3) is 0. The van der Waals surface area contributed by atoms with Gasteiger partial charge >= 0.3 is 0 Å². The topological polar surface area (TPSA) is 13.1 Å². The van der Waals surface area contributed by atoms with Crippen molar-refractivity contribution in [3.05, 3.63) is 157 Å². The van der Waals surface area contributed by atoms with E-state index in [-0.39, 0.29) is 0 Å². The zero-order valence-corrected chi connectivity index (χ0v) is 21.4. The van der Waals surface area contributed by atoms with E-state index in [0.29, 0.717) is 0 Å². The van der Waals surface area contributed by atoms with Crippen molar-refractivity contribution in [2.45, 2.75) is 0 Å². The molecule has 0 fully saturated rings. The number of hydrogen-bond donors (Lipinski definition) is 0. The third-order valence-corrected chi connectivity index (χ3v) is 6.95. The Balaban J connectivity index is 1.62. The van der Waals surface area contributed by atoms with E-state index in [1.807, 2.05) is 0 Å². The van der Waals surface area contributed by atoms with Crippen LogP contribution in [0.1, 0.15) is 35.6 Å². The van der Waals surface area contributed by atoms with Gasteiger partial charge < -0.3 is 4.42 Å². The Morgan fingerprint density at radius 3 is 1.58 bits per heavy atom. The second kappa shape index (κ2) is 9.44. The number of furan rings is 1. The first-order valence-corrected chi connectivity index (χ1v) is 12.7. The normalized spacial score (nSPS) is 20.2. The molecule has 8 aromatic carbocycles. The van der Waals surface area contributed by atoms with Gasteiger partial charge in [-0.3, -0.25) is 0 Å². The quantitative estimate of drug-likeness (QED) is 0.192. The monoisotopic (exact) mass is 572 g/mol. The SMILES string of the molecule is [2H]c1c([2H])c([2H])c(-c2c([2H])c([2H])c([2H])c(-c3c4c([2H])c([2H])c([2H])c([2H])c4c(-c4c([2H])c([2H])c5oc6c([2H])c([2H])c7c([2H])c([2H])c([2H])c([2H])c7c6c5c4[2H])c4c([2H])c([2H])c([2H])c([2H])c34)c2[2H])c([2H])c1[2H]. The van der Waals surface area contributed by atoms with Crippen LogP contribution in [-0.2, 0) is 0 Å². The second-order valence-corrected chi connectivity index (χ2v) is 9.26. The van der Waals surface area contributed by atoms with Gasteiger partial charge in [-0.2, -0.15) is 0 Å². The van der Waals surface area contributed by atoms with Crippen molar-refractivity contribution in [3.63, 3.8) is 0 Å². The first-order valence-electron chi connectivity index (χ1n) is 25.7. The number of fused-ring (bicyclic) bond motifs is 7. The lowest BCUT2D eigenvalue weighted by molar-refractivity contribution is 0.669. The zero-order valence-electron chi connectivity index (χ0n) is 47.4. The summed E-state index contributed by atoms with van der Waals surface area (Å²) in [5.74, 6) is 0. The average Bonchev–Trinajstić information content (AvgIpc) is 3.73. The summed E-state index contributed by atoms with van der Waals surface area (Å²) in [4.78, 5) is 0. The predicted molar refractivity (Wildman–Crippen MR) is 183 cm³/mol. The van der Waals surface area contributed by atoms with E-state index in [1.165, 1.54) is 0 Å². The lowest BCUT2D eigenvalue weighted by Gasteiger charge is -2.18. The Kier molecular flexibility index (Phi) is 2.13. The molecule has 0 bridgehead atoms. The minimum absolute atomic E-state index is 0.391. The van der Waals surface area contributed by atoms with Gasteiger partial charge in [0, 0.05) is 10.8 Å². The summed E-state index contributed by atoms with van der Waals surface area (Å²) < 4.78 is 238. The Labute approximate surface area is 285 Å². The van der Waals surface area contributed by atoms with E-state index >= 15 is 0 Å². The molecule has 0 saturated carbocycles. The number of rotatable bonds is 3. The van der Waals surface area contributed by atoms with Crippen LogP contribution < -0.4 is 0 Å². The fourth-order valence-electron chi connectivity index (χ4n) is 5.17. The highest BCUT2D eigenvalue weighted by molar-refractivity contribution is 6.23. The standard InChI is InChI=1S/C42H26O/c1-2-11-27(12-3-1)29-14-10-15-30(25-29)40-33-17-6-8-19-35(33)41(36-20-9-7-18-34(36)40)31-22-23-38-37(26-31)42-32-16-5-4-13-28(32)21-24-39(42)43-38/h1-26H/i1D,2D,3D,4D,5D,6D,7D,8D,9D,10D,11D,12D,13D,14D,15D,16D,17D,18D,19D,20D,21D,22D,23D,24D,25D,26D. The van der Waals surface area contributed by atoms with Crippen molar-refractivity contribution in [2.75, 3.05) is 0 Å². The van der Waals surface area contributed by atoms with E-state index in [1.54, 1.807) is 0 Å². The Hall–Kier alpha value is -5.66. The van der Waals surface area contributed by atoms with E-state index in [9.17, 15) is 12.3 Å². The summed E-state index contributed by atoms with van der Waals surface area (Å²) in [6.45, 7) is 0. The fourth-order valence-corrected chi connectivity index (χ4v) is 5.17. The van der Waals surface area contributed by atoms with Crippen LogP contribution >= 0.6 is 0 Å². The molecule has 0 saturated heterocycles. The van der Waals surface area contributed by atoms with Crippen LogP contribution in [0.15, 0.2) is 162 Å². The van der Waals surface area contributed by atoms with E-state index in [4.69, 9.17) is 27.7 Å². The smallest absolute Gasteiger partial charge is 0.136 e. The molecule has 0 aliphatic heterocycles. The maximum absolute atomic E-state index is 9.84. The molecule has 0 radical (unpaired) electrons. The molecule has 0 unspecified atom stereocenters. The molecule has 1 heterocycles. The molecular weight excluding hydrogens is 520 g/mol. The highest BCUT2D eigenvalue weighted by Gasteiger charge is 2.18. The number of hydrogen-bond acceptors (Lipinski definition) is 1. The molecule has 9 rings (SSSR count). The van der Waals surface area contributed by atoms with Crippen molar-refractivity contribution >= 4 is 54.3 Å². The van der Waals surface area contributed by atoms with Gasteiger partial charge in [-0.05, 0) is 89.9 Å². The molecule has 43 heavy (non-hydrogen) atoms. The number of benzene rings is 8. The van der Waals surface area contributed by atoms with E-state index in [2.05, 4.69) is 0 Å². The van der Waals surface area contributed by atoms with Gasteiger partial charge in [-0.25, -0.2) is 0 Å². The van der Waals surface area contributed by atoms with Crippen LogP contribution in [0.4, 0.5) is 0 Å². The van der Waals surface area contributed by atoms with Crippen LogP contribution in [0.3, 0.4) is 0 Å². The lowest BCUT2D eigenvalue weighted by Crippen LogP contribution is -1.91. The van der Waals surface area contributed by atoms with Gasteiger partial charge in [0.25, 0.3) is 0 Å². The lowest BCUT2D eigenvalue weighted by atomic mass is 9.85. The van der Waals surface area contributed by atoms with Crippen LogP contribution in [-0.4, -0.2) is 0 Å². The predicted octanol–water partition coefficient (Wildman–Crippen LogP) is 12.0. The third kappa shape index (κ3) is 3.72. The van der Waals surface area contributed by atoms with Crippen molar-refractivity contribution < 1.29 is 40.1 Å². The summed E-state index contributed by atoms with van der Waals surface area (Å²) in [6.07, 6.45) is 0. The molecule has 0 atom stereocenters. The first kappa shape index (κ1) is 9.69. The van der Waals surface area contributed by atoms with Gasteiger partial charge in [0.15, 0.2) is 0 Å². The van der Waals surface area contributed by atoms with Gasteiger partial charge in [0.1, 0.15) is 11.2 Å². The van der Waals surface area contributed by atoms with Crippen molar-refractivity contribution in [3.8, 4) is 33.4 Å². The van der Waals surface area contributed by atoms with Crippen LogP contribution in [0.25, 0.3) is 87.6 Å². The second-order valence-electron chi connectivity index (χ2n) is 9.26. The minimum atomic E-state index is -1.04.